The second-order valence-electron chi connectivity index (χ2n) is 10.0. The van der Waals surface area contributed by atoms with E-state index >= 15 is 0 Å². The topological polar surface area (TPSA) is 89.2 Å². The van der Waals surface area contributed by atoms with Gasteiger partial charge in [0.2, 0.25) is 0 Å². The van der Waals surface area contributed by atoms with Gasteiger partial charge in [-0.25, -0.2) is 13.9 Å². The lowest BCUT2D eigenvalue weighted by atomic mass is 9.99. The number of benzene rings is 2. The number of para-hydroxylation sites is 1. The molecule has 1 fully saturated rings. The highest BCUT2D eigenvalue weighted by atomic mass is 19.1. The average Bonchev–Trinajstić information content (AvgIpc) is 3.58. The smallest absolute Gasteiger partial charge is 0.320 e. The van der Waals surface area contributed by atoms with Gasteiger partial charge >= 0.3 is 6.03 Å². The van der Waals surface area contributed by atoms with Crippen molar-refractivity contribution in [1.82, 2.24) is 29.8 Å². The Bertz CT molecular complexity index is 1430. The second kappa shape index (κ2) is 11.4. The van der Waals surface area contributed by atoms with Crippen LogP contribution in [0.2, 0.25) is 0 Å². The van der Waals surface area contributed by atoms with E-state index in [0.29, 0.717) is 18.8 Å². The summed E-state index contributed by atoms with van der Waals surface area (Å²) in [7, 11) is 5.55. The fraction of sp³-hybridized carbons (Fsp3) is 0.345. The zero-order valence-corrected chi connectivity index (χ0v) is 22.6. The fourth-order valence-corrected chi connectivity index (χ4v) is 5.50. The van der Waals surface area contributed by atoms with Crippen LogP contribution in [-0.2, 0) is 11.8 Å². The number of nitrogens with zero attached hydrogens (tertiary/aromatic N) is 5. The number of ether oxygens (including phenoxy) is 1. The second-order valence-corrected chi connectivity index (χ2v) is 10.0. The van der Waals surface area contributed by atoms with Crippen LogP contribution in [0, 0.1) is 12.7 Å². The first kappa shape index (κ1) is 26.6. The van der Waals surface area contributed by atoms with Crippen molar-refractivity contribution in [3.63, 3.8) is 0 Å². The maximum atomic E-state index is 14.2. The summed E-state index contributed by atoms with van der Waals surface area (Å²) in [6.07, 6.45) is 5.18. The van der Waals surface area contributed by atoms with Gasteiger partial charge in [-0.3, -0.25) is 14.9 Å². The van der Waals surface area contributed by atoms with Gasteiger partial charge in [-0.05, 0) is 56.6 Å². The number of rotatable bonds is 8. The van der Waals surface area contributed by atoms with Crippen LogP contribution >= 0.6 is 0 Å². The number of carbonyl (C=O) groups is 1. The molecule has 2 aromatic heterocycles. The Kier molecular flexibility index (Phi) is 7.76. The van der Waals surface area contributed by atoms with Crippen LogP contribution in [0.1, 0.15) is 30.0 Å². The zero-order valence-electron chi connectivity index (χ0n) is 22.6. The molecule has 1 aliphatic rings. The van der Waals surface area contributed by atoms with E-state index in [1.54, 1.807) is 34.8 Å². The van der Waals surface area contributed by atoms with E-state index in [1.807, 2.05) is 63.6 Å². The molecule has 2 aromatic carbocycles. The summed E-state index contributed by atoms with van der Waals surface area (Å²) in [4.78, 5) is 15.7. The molecular formula is C29H34FN7O2. The summed E-state index contributed by atoms with van der Waals surface area (Å²) >= 11 is 0. The number of methoxy groups -OCH3 is 1. The van der Waals surface area contributed by atoms with E-state index in [2.05, 4.69) is 20.6 Å². The minimum Gasteiger partial charge on any atom is -0.385 e. The Labute approximate surface area is 227 Å². The van der Waals surface area contributed by atoms with Crippen LogP contribution in [0.3, 0.4) is 0 Å². The van der Waals surface area contributed by atoms with E-state index in [-0.39, 0.29) is 30.0 Å². The highest BCUT2D eigenvalue weighted by Gasteiger charge is 2.40. The molecule has 0 spiro atoms. The molecule has 0 saturated carbocycles. The summed E-state index contributed by atoms with van der Waals surface area (Å²) in [5.41, 5.74) is 4.07. The lowest BCUT2D eigenvalue weighted by Crippen LogP contribution is -2.41. The summed E-state index contributed by atoms with van der Waals surface area (Å²) in [6, 6.07) is 15.7. The number of likely N-dealkylation sites (N-methyl/N-ethyl adjacent to an activating group) is 1. The lowest BCUT2D eigenvalue weighted by molar-refractivity contribution is 0.150. The minimum atomic E-state index is -0.347. The molecule has 0 bridgehead atoms. The Hall–Kier alpha value is -4.02. The summed E-state index contributed by atoms with van der Waals surface area (Å²) in [5.74, 6) is 0.275. The van der Waals surface area contributed by atoms with E-state index in [0.717, 1.165) is 34.5 Å². The number of urea groups is 1. The first-order chi connectivity index (χ1) is 18.9. The maximum Gasteiger partial charge on any atom is 0.320 e. The van der Waals surface area contributed by atoms with E-state index in [4.69, 9.17) is 9.84 Å². The number of aromatic nitrogens is 4. The van der Waals surface area contributed by atoms with Crippen molar-refractivity contribution < 1.29 is 13.9 Å². The molecule has 3 atom stereocenters. The Morgan fingerprint density at radius 3 is 2.64 bits per heavy atom. The number of halogens is 1. The predicted molar refractivity (Wildman–Crippen MR) is 148 cm³/mol. The van der Waals surface area contributed by atoms with Crippen molar-refractivity contribution in [2.45, 2.75) is 37.9 Å². The molecule has 10 heteroatoms. The van der Waals surface area contributed by atoms with Gasteiger partial charge in [-0.1, -0.05) is 30.3 Å². The molecule has 39 heavy (non-hydrogen) atoms. The highest BCUT2D eigenvalue weighted by molar-refractivity contribution is 5.91. The maximum absolute atomic E-state index is 14.2. The van der Waals surface area contributed by atoms with E-state index in [9.17, 15) is 9.18 Å². The van der Waals surface area contributed by atoms with Crippen LogP contribution in [0.15, 0.2) is 67.0 Å². The number of likely N-dealkylation sites (tertiary alicyclic amines) is 1. The molecule has 1 aliphatic heterocycles. The third-order valence-corrected chi connectivity index (χ3v) is 7.42. The molecule has 5 rings (SSSR count). The monoisotopic (exact) mass is 531 g/mol. The van der Waals surface area contributed by atoms with Gasteiger partial charge in [-0.15, -0.1) is 0 Å². The highest BCUT2D eigenvalue weighted by Crippen LogP contribution is 2.37. The molecule has 3 heterocycles. The lowest BCUT2D eigenvalue weighted by Gasteiger charge is -2.28. The number of aryl methyl sites for hydroxylation is 1. The quantitative estimate of drug-likeness (QED) is 0.344. The molecule has 0 radical (unpaired) electrons. The van der Waals surface area contributed by atoms with Crippen molar-refractivity contribution in [3.05, 3.63) is 83.9 Å². The SMILES string of the molecule is COCC[C@@H]1C[C@@H](NC(=O)Nc2c(C)c(-c3cnn(C)c3)nn2-c2ccccc2)[C@H](c2cccc(F)c2)N1C. The van der Waals surface area contributed by atoms with Crippen LogP contribution < -0.4 is 10.6 Å². The normalized spacial score (nSPS) is 19.4. The van der Waals surface area contributed by atoms with Crippen molar-refractivity contribution >= 4 is 11.8 Å². The first-order valence-electron chi connectivity index (χ1n) is 13.0. The number of hydrogen-bond acceptors (Lipinski definition) is 5. The molecule has 1 saturated heterocycles. The van der Waals surface area contributed by atoms with Gasteiger partial charge in [0.05, 0.1) is 24.0 Å². The largest absolute Gasteiger partial charge is 0.385 e. The number of hydrogen-bond donors (Lipinski definition) is 2. The molecule has 2 N–H and O–H groups in total. The predicted octanol–water partition coefficient (Wildman–Crippen LogP) is 4.69. The van der Waals surface area contributed by atoms with Crippen molar-refractivity contribution in [2.24, 2.45) is 7.05 Å². The summed E-state index contributed by atoms with van der Waals surface area (Å²) < 4.78 is 22.9. The number of carbonyl (C=O) groups excluding carboxylic acids is 1. The third kappa shape index (κ3) is 5.57. The Balaban J connectivity index is 1.43. The molecule has 204 valence electrons. The molecule has 9 nitrogen and oxygen atoms in total. The summed E-state index contributed by atoms with van der Waals surface area (Å²) in [6.45, 7) is 2.54. The fourth-order valence-electron chi connectivity index (χ4n) is 5.50. The van der Waals surface area contributed by atoms with Gasteiger partial charge in [0, 0.05) is 44.1 Å². The van der Waals surface area contributed by atoms with Crippen LogP contribution in [-0.4, -0.2) is 63.3 Å². The number of anilines is 1. The zero-order chi connectivity index (χ0) is 27.5. The molecule has 4 aromatic rings. The molecule has 0 unspecified atom stereocenters. The third-order valence-electron chi connectivity index (χ3n) is 7.42. The molecular weight excluding hydrogens is 497 g/mol. The van der Waals surface area contributed by atoms with E-state index in [1.165, 1.54) is 6.07 Å². The van der Waals surface area contributed by atoms with Gasteiger partial charge in [0.15, 0.2) is 0 Å². The van der Waals surface area contributed by atoms with Gasteiger partial charge in [0.25, 0.3) is 0 Å². The van der Waals surface area contributed by atoms with Gasteiger partial charge < -0.3 is 10.1 Å². The van der Waals surface area contributed by atoms with E-state index < -0.39 is 0 Å². The molecule has 2 amide bonds. The Morgan fingerprint density at radius 1 is 1.15 bits per heavy atom. The van der Waals surface area contributed by atoms with Gasteiger partial charge in [-0.2, -0.15) is 10.2 Å². The Morgan fingerprint density at radius 2 is 1.95 bits per heavy atom. The van der Waals surface area contributed by atoms with Crippen LogP contribution in [0.5, 0.6) is 0 Å². The number of nitrogens with one attached hydrogen (secondary N) is 2. The van der Waals surface area contributed by atoms with Crippen molar-refractivity contribution in [2.75, 3.05) is 26.1 Å². The standard InChI is InChI=1S/C29H34FN7O2/c1-19-26(21-17-31-35(2)18-21)34-37(23-11-6-5-7-12-23)28(19)33-29(38)32-25-16-24(13-14-39-4)36(3)27(25)20-9-8-10-22(30)15-20/h5-12,15,17-18,24-25,27H,13-14,16H2,1-4H3,(H2,32,33,38)/t24-,25-,27+/m1/s1. The molecule has 0 aliphatic carbocycles. The average molecular weight is 532 g/mol. The van der Waals surface area contributed by atoms with Crippen molar-refractivity contribution in [3.8, 4) is 16.9 Å². The summed E-state index contributed by atoms with van der Waals surface area (Å²) in [5, 5.41) is 15.4. The van der Waals surface area contributed by atoms with Gasteiger partial charge in [0.1, 0.15) is 17.3 Å². The van der Waals surface area contributed by atoms with Crippen molar-refractivity contribution in [1.29, 1.82) is 0 Å². The van der Waals surface area contributed by atoms with Crippen LogP contribution in [0.4, 0.5) is 15.0 Å². The number of amides is 2. The first-order valence-corrected chi connectivity index (χ1v) is 13.0. The van der Waals surface area contributed by atoms with Crippen LogP contribution in [0.25, 0.3) is 16.9 Å². The minimum absolute atomic E-state index is 0.178.